The second-order valence-electron chi connectivity index (χ2n) is 7.17. The van der Waals surface area contributed by atoms with Gasteiger partial charge in [-0.05, 0) is 43.9 Å². The number of rotatable bonds is 2. The summed E-state index contributed by atoms with van der Waals surface area (Å²) in [5, 5.41) is 7.18. The van der Waals surface area contributed by atoms with Gasteiger partial charge in [-0.25, -0.2) is 0 Å². The summed E-state index contributed by atoms with van der Waals surface area (Å²) in [5.74, 6) is 0.519. The fourth-order valence-corrected chi connectivity index (χ4v) is 4.17. The molecule has 5 heteroatoms. The Kier molecular flexibility index (Phi) is 2.98. The molecule has 3 fully saturated rings. The number of H-pyrrole nitrogens is 1. The molecule has 2 aliphatic carbocycles. The number of aromatic amines is 1. The van der Waals surface area contributed by atoms with Gasteiger partial charge in [-0.3, -0.25) is 9.89 Å². The smallest absolute Gasteiger partial charge is 0.276 e. The number of anilines is 1. The zero-order chi connectivity index (χ0) is 14.4. The van der Waals surface area contributed by atoms with E-state index in [1.165, 1.54) is 25.7 Å². The summed E-state index contributed by atoms with van der Waals surface area (Å²) in [6.07, 6.45) is 10.1. The van der Waals surface area contributed by atoms with E-state index in [1.54, 1.807) is 0 Å². The highest BCUT2D eigenvalue weighted by atomic mass is 16.2. The van der Waals surface area contributed by atoms with Gasteiger partial charge in [-0.2, -0.15) is 5.10 Å². The van der Waals surface area contributed by atoms with E-state index in [2.05, 4.69) is 10.2 Å². The van der Waals surface area contributed by atoms with Crippen molar-refractivity contribution in [2.45, 2.75) is 57.3 Å². The van der Waals surface area contributed by atoms with Crippen molar-refractivity contribution in [3.63, 3.8) is 0 Å². The van der Waals surface area contributed by atoms with Crippen molar-refractivity contribution in [2.24, 2.45) is 5.41 Å². The number of amides is 1. The van der Waals surface area contributed by atoms with Gasteiger partial charge in [0.25, 0.3) is 5.91 Å². The van der Waals surface area contributed by atoms with Crippen LogP contribution in [0.2, 0.25) is 0 Å². The maximum atomic E-state index is 12.6. The summed E-state index contributed by atoms with van der Waals surface area (Å²) < 4.78 is 0. The molecule has 1 aromatic heterocycles. The first-order valence-electron chi connectivity index (χ1n) is 8.32. The fourth-order valence-electron chi connectivity index (χ4n) is 4.17. The van der Waals surface area contributed by atoms with Gasteiger partial charge in [-0.15, -0.1) is 0 Å². The molecule has 0 unspecified atom stereocenters. The topological polar surface area (TPSA) is 75.0 Å². The van der Waals surface area contributed by atoms with E-state index in [-0.39, 0.29) is 5.91 Å². The average molecular weight is 288 g/mol. The monoisotopic (exact) mass is 288 g/mol. The van der Waals surface area contributed by atoms with Crippen LogP contribution in [0, 0.1) is 5.41 Å². The number of hydrogen-bond acceptors (Lipinski definition) is 3. The van der Waals surface area contributed by atoms with Crippen LogP contribution in [0.25, 0.3) is 0 Å². The molecule has 4 rings (SSSR count). The molecule has 1 saturated heterocycles. The van der Waals surface area contributed by atoms with Crippen molar-refractivity contribution >= 4 is 11.6 Å². The van der Waals surface area contributed by atoms with Gasteiger partial charge in [0, 0.05) is 19.0 Å². The number of nitrogens with zero attached hydrogens (tertiary/aromatic N) is 2. The number of nitrogens with one attached hydrogen (secondary N) is 1. The first-order valence-corrected chi connectivity index (χ1v) is 8.32. The van der Waals surface area contributed by atoms with E-state index in [4.69, 9.17) is 5.73 Å². The third-order valence-corrected chi connectivity index (χ3v) is 5.80. The van der Waals surface area contributed by atoms with Crippen LogP contribution >= 0.6 is 0 Å². The summed E-state index contributed by atoms with van der Waals surface area (Å²) in [7, 11) is 0. The van der Waals surface area contributed by atoms with Crippen LogP contribution in [0.4, 0.5) is 5.69 Å². The van der Waals surface area contributed by atoms with Gasteiger partial charge in [-0.1, -0.05) is 12.8 Å². The number of likely N-dealkylation sites (tertiary alicyclic amines) is 1. The Hall–Kier alpha value is -1.52. The van der Waals surface area contributed by atoms with Gasteiger partial charge in [0.15, 0.2) is 5.69 Å². The van der Waals surface area contributed by atoms with E-state index >= 15 is 0 Å². The largest absolute Gasteiger partial charge is 0.395 e. The molecule has 0 radical (unpaired) electrons. The third kappa shape index (κ3) is 2.23. The van der Waals surface area contributed by atoms with Crippen LogP contribution in [-0.2, 0) is 0 Å². The molecule has 21 heavy (non-hydrogen) atoms. The molecule has 5 nitrogen and oxygen atoms in total. The molecule has 0 atom stereocenters. The summed E-state index contributed by atoms with van der Waals surface area (Å²) in [5.41, 5.74) is 8.67. The van der Waals surface area contributed by atoms with E-state index in [9.17, 15) is 4.79 Å². The zero-order valence-corrected chi connectivity index (χ0v) is 12.5. The van der Waals surface area contributed by atoms with Crippen LogP contribution in [0.1, 0.15) is 73.5 Å². The summed E-state index contributed by atoms with van der Waals surface area (Å²) in [6, 6.07) is 0. The van der Waals surface area contributed by atoms with Crippen LogP contribution in [-0.4, -0.2) is 34.1 Å². The highest BCUT2D eigenvalue weighted by molar-refractivity contribution is 5.97. The average Bonchev–Trinajstić information content (AvgIpc) is 3.13. The molecule has 2 saturated carbocycles. The molecule has 1 aromatic rings. The number of nitrogens with two attached hydrogens (primary N) is 1. The van der Waals surface area contributed by atoms with Gasteiger partial charge in [0.1, 0.15) is 0 Å². The highest BCUT2D eigenvalue weighted by Crippen LogP contribution is 2.46. The molecular formula is C16H24N4O. The van der Waals surface area contributed by atoms with Crippen molar-refractivity contribution in [2.75, 3.05) is 18.8 Å². The van der Waals surface area contributed by atoms with E-state index in [0.717, 1.165) is 44.5 Å². The normalized spacial score (nSPS) is 24.7. The first-order chi connectivity index (χ1) is 10.2. The zero-order valence-electron chi connectivity index (χ0n) is 12.5. The predicted octanol–water partition coefficient (Wildman–Crippen LogP) is 2.67. The fraction of sp³-hybridized carbons (Fsp3) is 0.750. The van der Waals surface area contributed by atoms with Crippen molar-refractivity contribution in [1.82, 2.24) is 15.1 Å². The quantitative estimate of drug-likeness (QED) is 0.878. The number of aromatic nitrogens is 2. The predicted molar refractivity (Wildman–Crippen MR) is 81.0 cm³/mol. The van der Waals surface area contributed by atoms with Crippen molar-refractivity contribution in [1.29, 1.82) is 0 Å². The molecular weight excluding hydrogens is 264 g/mol. The van der Waals surface area contributed by atoms with Gasteiger partial charge >= 0.3 is 0 Å². The summed E-state index contributed by atoms with van der Waals surface area (Å²) in [6.45, 7) is 1.73. The number of hydrogen-bond donors (Lipinski definition) is 2. The Morgan fingerprint density at radius 2 is 1.86 bits per heavy atom. The first kappa shape index (κ1) is 13.2. The van der Waals surface area contributed by atoms with Crippen molar-refractivity contribution in [3.05, 3.63) is 11.4 Å². The Balaban J connectivity index is 1.46. The molecule has 114 valence electrons. The van der Waals surface area contributed by atoms with Gasteiger partial charge in [0.2, 0.25) is 0 Å². The lowest BCUT2D eigenvalue weighted by atomic mass is 9.77. The number of carbonyl (C=O) groups excluding carboxylic acids is 1. The van der Waals surface area contributed by atoms with Crippen molar-refractivity contribution in [3.8, 4) is 0 Å². The highest BCUT2D eigenvalue weighted by Gasteiger charge is 2.39. The standard InChI is InChI=1S/C16H24N4O/c17-12-13(11-3-4-11)18-19-14(12)15(21)20-9-7-16(8-10-20)5-1-2-6-16/h11H,1-10,17H2,(H,18,19). The Bertz CT molecular complexity index is 545. The van der Waals surface area contributed by atoms with Crippen LogP contribution in [0.5, 0.6) is 0 Å². The second-order valence-corrected chi connectivity index (χ2v) is 7.17. The molecule has 1 aliphatic heterocycles. The minimum Gasteiger partial charge on any atom is -0.395 e. The summed E-state index contributed by atoms with van der Waals surface area (Å²) in [4.78, 5) is 14.6. The lowest BCUT2D eigenvalue weighted by Crippen LogP contribution is -2.42. The maximum Gasteiger partial charge on any atom is 0.276 e. The lowest BCUT2D eigenvalue weighted by molar-refractivity contribution is 0.0583. The van der Waals surface area contributed by atoms with E-state index in [1.807, 2.05) is 4.90 Å². The molecule has 0 aromatic carbocycles. The van der Waals surface area contributed by atoms with Crippen molar-refractivity contribution < 1.29 is 4.79 Å². The van der Waals surface area contributed by atoms with Gasteiger partial charge < -0.3 is 10.6 Å². The SMILES string of the molecule is Nc1c(C(=O)N2CCC3(CCCC3)CC2)n[nH]c1C1CC1. The molecule has 1 amide bonds. The Labute approximate surface area is 125 Å². The molecule has 3 N–H and O–H groups in total. The minimum absolute atomic E-state index is 0.0171. The van der Waals surface area contributed by atoms with Gasteiger partial charge in [0.05, 0.1) is 11.4 Å². The molecule has 0 bridgehead atoms. The molecule has 1 spiro atoms. The maximum absolute atomic E-state index is 12.6. The van der Waals surface area contributed by atoms with Crippen LogP contribution in [0.3, 0.4) is 0 Å². The minimum atomic E-state index is 0.0171. The lowest BCUT2D eigenvalue weighted by Gasteiger charge is -2.39. The van der Waals surface area contributed by atoms with Crippen LogP contribution in [0.15, 0.2) is 0 Å². The Morgan fingerprint density at radius 1 is 1.19 bits per heavy atom. The third-order valence-electron chi connectivity index (χ3n) is 5.80. The molecule has 2 heterocycles. The van der Waals surface area contributed by atoms with E-state index in [0.29, 0.717) is 22.7 Å². The van der Waals surface area contributed by atoms with Crippen LogP contribution < -0.4 is 5.73 Å². The number of carbonyl (C=O) groups is 1. The summed E-state index contributed by atoms with van der Waals surface area (Å²) >= 11 is 0. The number of nitrogen functional groups attached to an aromatic ring is 1. The molecule has 3 aliphatic rings. The second kappa shape index (κ2) is 4.75. The Morgan fingerprint density at radius 3 is 2.48 bits per heavy atom. The number of piperidine rings is 1. The van der Waals surface area contributed by atoms with E-state index < -0.39 is 0 Å².